The van der Waals surface area contributed by atoms with E-state index in [1.165, 1.54) is 0 Å². The molecule has 20 heavy (non-hydrogen) atoms. The van der Waals surface area contributed by atoms with E-state index in [-0.39, 0.29) is 5.97 Å². The number of hydrogen-bond acceptors (Lipinski definition) is 7. The number of carbonyl (C=O) groups excluding carboxylic acids is 1. The molecule has 0 atom stereocenters. The molecule has 2 aromatic rings. The lowest BCUT2D eigenvalue weighted by molar-refractivity contribution is -0.143. The summed E-state index contributed by atoms with van der Waals surface area (Å²) in [7, 11) is 1.75. The quantitative estimate of drug-likeness (QED) is 0.515. The zero-order valence-corrected chi connectivity index (χ0v) is 11.6. The highest BCUT2D eigenvalue weighted by atomic mass is 16.5. The predicted molar refractivity (Wildman–Crippen MR) is 75.6 cm³/mol. The first-order valence-corrected chi connectivity index (χ1v) is 6.53. The molecule has 0 fully saturated rings. The van der Waals surface area contributed by atoms with E-state index in [1.807, 2.05) is 0 Å². The Kier molecular flexibility index (Phi) is 4.70. The van der Waals surface area contributed by atoms with Crippen LogP contribution in [0.5, 0.6) is 0 Å². The first-order valence-electron chi connectivity index (χ1n) is 6.53. The van der Waals surface area contributed by atoms with Crippen LogP contribution in [-0.2, 0) is 9.53 Å². The van der Waals surface area contributed by atoms with Gasteiger partial charge in [-0.05, 0) is 13.3 Å². The molecular formula is C12H18N6O2. The number of ether oxygens (including phenoxy) is 1. The minimum atomic E-state index is -0.179. The molecule has 2 heterocycles. The van der Waals surface area contributed by atoms with E-state index < -0.39 is 0 Å². The van der Waals surface area contributed by atoms with Gasteiger partial charge < -0.3 is 15.4 Å². The van der Waals surface area contributed by atoms with Crippen LogP contribution in [0.3, 0.4) is 0 Å². The molecule has 0 aliphatic heterocycles. The van der Waals surface area contributed by atoms with Crippen molar-refractivity contribution in [3.05, 3.63) is 6.20 Å². The second-order valence-corrected chi connectivity index (χ2v) is 4.11. The van der Waals surface area contributed by atoms with Crippen molar-refractivity contribution in [2.24, 2.45) is 0 Å². The summed E-state index contributed by atoms with van der Waals surface area (Å²) in [6.07, 6.45) is 2.73. The Hall–Kier alpha value is -2.38. The number of aromatic nitrogens is 4. The van der Waals surface area contributed by atoms with Gasteiger partial charge in [-0.25, -0.2) is 0 Å². The van der Waals surface area contributed by atoms with Crippen molar-refractivity contribution in [2.45, 2.75) is 19.8 Å². The fraction of sp³-hybridized carbons (Fsp3) is 0.500. The van der Waals surface area contributed by atoms with E-state index in [0.717, 1.165) is 5.39 Å². The van der Waals surface area contributed by atoms with Crippen LogP contribution in [0.2, 0.25) is 0 Å². The van der Waals surface area contributed by atoms with E-state index in [1.54, 1.807) is 20.2 Å². The Morgan fingerprint density at radius 2 is 2.30 bits per heavy atom. The fourth-order valence-electron chi connectivity index (χ4n) is 1.75. The molecule has 8 nitrogen and oxygen atoms in total. The number of H-pyrrole nitrogens is 1. The van der Waals surface area contributed by atoms with Crippen molar-refractivity contribution < 1.29 is 9.53 Å². The number of aromatic amines is 1. The molecule has 0 aliphatic carbocycles. The summed E-state index contributed by atoms with van der Waals surface area (Å²) < 4.78 is 4.87. The van der Waals surface area contributed by atoms with Crippen LogP contribution < -0.4 is 10.6 Å². The standard InChI is InChI=1S/C12H18N6O2/c1-3-20-9(19)5-4-6-14-10-8-7-15-18-11(8)17-12(13-2)16-10/h7H,3-6H2,1-2H3,(H3,13,14,15,16,17,18). The SMILES string of the molecule is CCOC(=O)CCCNc1nc(NC)nc2[nH]ncc12. The number of hydrogen-bond donors (Lipinski definition) is 3. The third-order valence-electron chi connectivity index (χ3n) is 2.69. The van der Waals surface area contributed by atoms with Crippen molar-refractivity contribution in [3.8, 4) is 0 Å². The highest BCUT2D eigenvalue weighted by Gasteiger charge is 2.08. The molecule has 2 rings (SSSR count). The lowest BCUT2D eigenvalue weighted by Crippen LogP contribution is -2.10. The Balaban J connectivity index is 1.95. The van der Waals surface area contributed by atoms with Crippen LogP contribution in [0, 0.1) is 0 Å². The van der Waals surface area contributed by atoms with E-state index in [4.69, 9.17) is 4.74 Å². The normalized spacial score (nSPS) is 10.5. The second-order valence-electron chi connectivity index (χ2n) is 4.11. The molecule has 0 saturated heterocycles. The third kappa shape index (κ3) is 3.34. The molecule has 3 N–H and O–H groups in total. The van der Waals surface area contributed by atoms with Gasteiger partial charge >= 0.3 is 5.97 Å². The summed E-state index contributed by atoms with van der Waals surface area (Å²) in [5, 5.41) is 13.7. The molecule has 108 valence electrons. The zero-order valence-electron chi connectivity index (χ0n) is 11.6. The lowest BCUT2D eigenvalue weighted by Gasteiger charge is -2.08. The van der Waals surface area contributed by atoms with Gasteiger partial charge in [0, 0.05) is 20.0 Å². The maximum Gasteiger partial charge on any atom is 0.305 e. The van der Waals surface area contributed by atoms with Gasteiger partial charge in [-0.1, -0.05) is 0 Å². The Bertz CT molecular complexity index is 582. The van der Waals surface area contributed by atoms with Crippen LogP contribution >= 0.6 is 0 Å². The second kappa shape index (κ2) is 6.69. The summed E-state index contributed by atoms with van der Waals surface area (Å²) in [5.74, 6) is 1.02. The number of esters is 1. The topological polar surface area (TPSA) is 105 Å². The summed E-state index contributed by atoms with van der Waals surface area (Å²) in [6.45, 7) is 2.84. The molecule has 0 spiro atoms. The number of carbonyl (C=O) groups is 1. The first kappa shape index (κ1) is 14.0. The average molecular weight is 278 g/mol. The summed E-state index contributed by atoms with van der Waals surface area (Å²) in [4.78, 5) is 19.8. The number of nitrogens with one attached hydrogen (secondary N) is 3. The smallest absolute Gasteiger partial charge is 0.305 e. The monoisotopic (exact) mass is 278 g/mol. The zero-order chi connectivity index (χ0) is 14.4. The summed E-state index contributed by atoms with van der Waals surface area (Å²) in [6, 6.07) is 0. The highest BCUT2D eigenvalue weighted by Crippen LogP contribution is 2.19. The Morgan fingerprint density at radius 3 is 3.05 bits per heavy atom. The number of rotatable bonds is 7. The summed E-state index contributed by atoms with van der Waals surface area (Å²) in [5.41, 5.74) is 0.664. The van der Waals surface area contributed by atoms with Gasteiger partial charge in [0.25, 0.3) is 0 Å². The van der Waals surface area contributed by atoms with Gasteiger partial charge in [-0.2, -0.15) is 15.1 Å². The van der Waals surface area contributed by atoms with Crippen LogP contribution in [-0.4, -0.2) is 46.3 Å². The highest BCUT2D eigenvalue weighted by molar-refractivity contribution is 5.86. The maximum atomic E-state index is 11.2. The van der Waals surface area contributed by atoms with Gasteiger partial charge in [0.1, 0.15) is 5.82 Å². The van der Waals surface area contributed by atoms with Gasteiger partial charge in [0.2, 0.25) is 5.95 Å². The van der Waals surface area contributed by atoms with Crippen molar-refractivity contribution in [1.82, 2.24) is 20.2 Å². The van der Waals surface area contributed by atoms with E-state index in [9.17, 15) is 4.79 Å². The molecule has 0 aromatic carbocycles. The maximum absolute atomic E-state index is 11.2. The van der Waals surface area contributed by atoms with Crippen LogP contribution in [0.15, 0.2) is 6.20 Å². The van der Waals surface area contributed by atoms with Gasteiger partial charge in [-0.15, -0.1) is 0 Å². The van der Waals surface area contributed by atoms with Crippen LogP contribution in [0.4, 0.5) is 11.8 Å². The van der Waals surface area contributed by atoms with Crippen molar-refractivity contribution in [3.63, 3.8) is 0 Å². The lowest BCUT2D eigenvalue weighted by atomic mass is 10.3. The minimum absolute atomic E-state index is 0.179. The average Bonchev–Trinajstić information content (AvgIpc) is 2.91. The molecule has 0 radical (unpaired) electrons. The number of nitrogens with zero attached hydrogens (tertiary/aromatic N) is 3. The molecule has 0 bridgehead atoms. The van der Waals surface area contributed by atoms with Crippen LogP contribution in [0.1, 0.15) is 19.8 Å². The predicted octanol–water partition coefficient (Wildman–Crippen LogP) is 1.15. The molecule has 0 aliphatic rings. The molecule has 0 amide bonds. The van der Waals surface area contributed by atoms with E-state index >= 15 is 0 Å². The minimum Gasteiger partial charge on any atom is -0.466 e. The van der Waals surface area contributed by atoms with Crippen LogP contribution in [0.25, 0.3) is 11.0 Å². The third-order valence-corrected chi connectivity index (χ3v) is 2.69. The Morgan fingerprint density at radius 1 is 1.45 bits per heavy atom. The molecule has 2 aromatic heterocycles. The summed E-state index contributed by atoms with van der Waals surface area (Å²) >= 11 is 0. The molecule has 0 saturated carbocycles. The number of fused-ring (bicyclic) bond motifs is 1. The fourth-order valence-corrected chi connectivity index (χ4v) is 1.75. The molecule has 0 unspecified atom stereocenters. The van der Waals surface area contributed by atoms with Gasteiger partial charge in [0.05, 0.1) is 18.2 Å². The van der Waals surface area contributed by atoms with Crippen molar-refractivity contribution in [2.75, 3.05) is 30.8 Å². The number of anilines is 2. The molecule has 8 heteroatoms. The van der Waals surface area contributed by atoms with Gasteiger partial charge in [-0.3, -0.25) is 9.89 Å². The molecular weight excluding hydrogens is 260 g/mol. The largest absolute Gasteiger partial charge is 0.466 e. The van der Waals surface area contributed by atoms with E-state index in [0.29, 0.717) is 43.4 Å². The van der Waals surface area contributed by atoms with Gasteiger partial charge in [0.15, 0.2) is 5.65 Å². The first-order chi connectivity index (χ1) is 9.74. The van der Waals surface area contributed by atoms with Crippen molar-refractivity contribution in [1.29, 1.82) is 0 Å². The van der Waals surface area contributed by atoms with Crippen molar-refractivity contribution >= 4 is 28.8 Å². The van der Waals surface area contributed by atoms with E-state index in [2.05, 4.69) is 30.8 Å². The Labute approximate surface area is 116 Å².